The molecule has 3 nitrogen and oxygen atoms in total. The van der Waals surface area contributed by atoms with E-state index in [0.29, 0.717) is 18.7 Å². The molecule has 0 radical (unpaired) electrons. The van der Waals surface area contributed by atoms with E-state index in [1.165, 1.54) is 12.1 Å². The minimum Gasteiger partial charge on any atom is -0.332 e. The van der Waals surface area contributed by atoms with Gasteiger partial charge in [0.1, 0.15) is 0 Å². The number of amides is 1. The van der Waals surface area contributed by atoms with Crippen molar-refractivity contribution in [2.75, 3.05) is 0 Å². The van der Waals surface area contributed by atoms with Crippen LogP contribution in [0, 0.1) is 0 Å². The summed E-state index contributed by atoms with van der Waals surface area (Å²) in [5.41, 5.74) is 1.45. The minimum absolute atomic E-state index is 0.100. The number of alkyl halides is 3. The molecule has 24 heavy (non-hydrogen) atoms. The number of pyridine rings is 1. The van der Waals surface area contributed by atoms with Gasteiger partial charge in [0.05, 0.1) is 22.8 Å². The molecule has 0 aliphatic carbocycles. The molecule has 1 aromatic carbocycles. The summed E-state index contributed by atoms with van der Waals surface area (Å²) in [5, 5.41) is -0.335. The largest absolute Gasteiger partial charge is 0.417 e. The number of nitrogens with zero attached hydrogens (tertiary/aromatic N) is 2. The van der Waals surface area contributed by atoms with Gasteiger partial charge in [0.2, 0.25) is 5.91 Å². The number of halogens is 4. The SMILES string of the molecule is O=C(CCc1ccc(Cl)c(C(F)(F)F)c1)N1Cc2cccnc2C1. The van der Waals surface area contributed by atoms with Gasteiger partial charge in [-0.25, -0.2) is 0 Å². The number of carbonyl (C=O) groups excluding carboxylic acids is 1. The van der Waals surface area contributed by atoms with Crippen molar-refractivity contribution in [2.45, 2.75) is 32.1 Å². The Morgan fingerprint density at radius 1 is 1.25 bits per heavy atom. The average molecular weight is 355 g/mol. The molecule has 1 amide bonds. The highest BCUT2D eigenvalue weighted by molar-refractivity contribution is 6.31. The van der Waals surface area contributed by atoms with Gasteiger partial charge in [-0.3, -0.25) is 9.78 Å². The molecule has 2 aromatic rings. The number of rotatable bonds is 3. The summed E-state index contributed by atoms with van der Waals surface area (Å²) in [7, 11) is 0. The zero-order valence-electron chi connectivity index (χ0n) is 12.6. The monoisotopic (exact) mass is 354 g/mol. The van der Waals surface area contributed by atoms with E-state index < -0.39 is 11.7 Å². The maximum atomic E-state index is 12.9. The molecule has 2 heterocycles. The summed E-state index contributed by atoms with van der Waals surface area (Å²) in [6.07, 6.45) is -2.44. The summed E-state index contributed by atoms with van der Waals surface area (Å²) < 4.78 is 38.6. The molecule has 1 aromatic heterocycles. The van der Waals surface area contributed by atoms with E-state index in [0.717, 1.165) is 17.3 Å². The van der Waals surface area contributed by atoms with Crippen LogP contribution in [0.4, 0.5) is 13.2 Å². The topological polar surface area (TPSA) is 33.2 Å². The second-order valence-electron chi connectivity index (χ2n) is 5.67. The van der Waals surface area contributed by atoms with Crippen LogP contribution in [0.25, 0.3) is 0 Å². The van der Waals surface area contributed by atoms with Gasteiger partial charge in [-0.2, -0.15) is 13.2 Å². The number of hydrogen-bond acceptors (Lipinski definition) is 2. The fourth-order valence-electron chi connectivity index (χ4n) is 2.73. The van der Waals surface area contributed by atoms with Crippen molar-refractivity contribution in [3.8, 4) is 0 Å². The second kappa shape index (κ2) is 6.43. The molecule has 126 valence electrons. The Balaban J connectivity index is 1.64. The van der Waals surface area contributed by atoms with Gasteiger partial charge in [-0.05, 0) is 35.7 Å². The molecule has 0 atom stereocenters. The summed E-state index contributed by atoms with van der Waals surface area (Å²) in [6, 6.07) is 7.49. The number of aromatic nitrogens is 1. The van der Waals surface area contributed by atoms with Crippen molar-refractivity contribution >= 4 is 17.5 Å². The van der Waals surface area contributed by atoms with Crippen molar-refractivity contribution in [1.29, 1.82) is 0 Å². The van der Waals surface area contributed by atoms with Gasteiger partial charge in [0.25, 0.3) is 0 Å². The van der Waals surface area contributed by atoms with E-state index in [4.69, 9.17) is 11.6 Å². The average Bonchev–Trinajstić information content (AvgIpc) is 2.97. The Morgan fingerprint density at radius 3 is 2.75 bits per heavy atom. The van der Waals surface area contributed by atoms with Crippen molar-refractivity contribution < 1.29 is 18.0 Å². The van der Waals surface area contributed by atoms with Gasteiger partial charge in [-0.15, -0.1) is 0 Å². The van der Waals surface area contributed by atoms with Gasteiger partial charge in [0.15, 0.2) is 0 Å². The van der Waals surface area contributed by atoms with Gasteiger partial charge in [-0.1, -0.05) is 23.7 Å². The Labute approximate surface area is 142 Å². The summed E-state index contributed by atoms with van der Waals surface area (Å²) in [5.74, 6) is -0.100. The van der Waals surface area contributed by atoms with E-state index in [-0.39, 0.29) is 23.8 Å². The lowest BCUT2D eigenvalue weighted by Gasteiger charge is -2.15. The molecule has 3 rings (SSSR count). The molecular formula is C17H14ClF3N2O. The number of aryl methyl sites for hydroxylation is 1. The van der Waals surface area contributed by atoms with E-state index >= 15 is 0 Å². The molecule has 0 saturated heterocycles. The van der Waals surface area contributed by atoms with Crippen molar-refractivity contribution in [2.24, 2.45) is 0 Å². The third-order valence-electron chi connectivity index (χ3n) is 4.00. The smallest absolute Gasteiger partial charge is 0.332 e. The van der Waals surface area contributed by atoms with Crippen molar-refractivity contribution in [3.63, 3.8) is 0 Å². The standard InChI is InChI=1S/C17H14ClF3N2O/c18-14-5-3-11(8-13(14)17(19,20)21)4-6-16(24)23-9-12-2-1-7-22-15(12)10-23/h1-3,5,7-8H,4,6,9-10H2. The van der Waals surface area contributed by atoms with Crippen LogP contribution < -0.4 is 0 Å². The second-order valence-corrected chi connectivity index (χ2v) is 6.08. The van der Waals surface area contributed by atoms with Gasteiger partial charge < -0.3 is 4.90 Å². The van der Waals surface area contributed by atoms with Gasteiger partial charge >= 0.3 is 6.18 Å². The third kappa shape index (κ3) is 3.53. The van der Waals surface area contributed by atoms with Crippen LogP contribution in [0.15, 0.2) is 36.5 Å². The molecule has 0 N–H and O–H groups in total. The third-order valence-corrected chi connectivity index (χ3v) is 4.33. The highest BCUT2D eigenvalue weighted by atomic mass is 35.5. The Kier molecular flexibility index (Phi) is 4.49. The normalized spacial score (nSPS) is 13.9. The summed E-state index contributed by atoms with van der Waals surface area (Å²) in [4.78, 5) is 18.2. The van der Waals surface area contributed by atoms with Crippen LogP contribution in [-0.4, -0.2) is 15.8 Å². The predicted molar refractivity (Wildman–Crippen MR) is 83.3 cm³/mol. The molecule has 0 fully saturated rings. The molecule has 1 aliphatic rings. The molecular weight excluding hydrogens is 341 g/mol. The first-order chi connectivity index (χ1) is 11.3. The maximum Gasteiger partial charge on any atom is 0.417 e. The van der Waals surface area contributed by atoms with E-state index in [1.807, 2.05) is 12.1 Å². The van der Waals surface area contributed by atoms with Gasteiger partial charge in [0, 0.05) is 19.2 Å². The summed E-state index contributed by atoms with van der Waals surface area (Å²) >= 11 is 5.60. The minimum atomic E-state index is -4.50. The fourth-order valence-corrected chi connectivity index (χ4v) is 2.96. The maximum absolute atomic E-state index is 12.9. The van der Waals surface area contributed by atoms with Crippen LogP contribution in [0.3, 0.4) is 0 Å². The Hall–Kier alpha value is -2.08. The molecule has 0 spiro atoms. The zero-order chi connectivity index (χ0) is 17.3. The molecule has 1 aliphatic heterocycles. The van der Waals surface area contributed by atoms with E-state index in [1.54, 1.807) is 11.1 Å². The Morgan fingerprint density at radius 2 is 2.04 bits per heavy atom. The van der Waals surface area contributed by atoms with Crippen LogP contribution in [0.2, 0.25) is 5.02 Å². The Bertz CT molecular complexity index is 752. The van der Waals surface area contributed by atoms with Crippen LogP contribution in [0.5, 0.6) is 0 Å². The number of fused-ring (bicyclic) bond motifs is 1. The van der Waals surface area contributed by atoms with Crippen LogP contribution in [0.1, 0.15) is 28.8 Å². The first-order valence-electron chi connectivity index (χ1n) is 7.41. The molecule has 0 bridgehead atoms. The number of benzene rings is 1. The van der Waals surface area contributed by atoms with E-state index in [9.17, 15) is 18.0 Å². The van der Waals surface area contributed by atoms with Crippen LogP contribution in [-0.2, 0) is 30.5 Å². The molecule has 0 saturated carbocycles. The molecule has 0 unspecified atom stereocenters. The first-order valence-corrected chi connectivity index (χ1v) is 7.78. The fraction of sp³-hybridized carbons (Fsp3) is 0.294. The quantitative estimate of drug-likeness (QED) is 0.826. The first kappa shape index (κ1) is 16.8. The lowest BCUT2D eigenvalue weighted by atomic mass is 10.1. The number of hydrogen-bond donors (Lipinski definition) is 0. The zero-order valence-corrected chi connectivity index (χ0v) is 13.4. The predicted octanol–water partition coefficient (Wildman–Crippen LogP) is 4.23. The highest BCUT2D eigenvalue weighted by Gasteiger charge is 2.33. The lowest BCUT2D eigenvalue weighted by Crippen LogP contribution is -2.25. The summed E-state index contributed by atoms with van der Waals surface area (Å²) in [6.45, 7) is 0.944. The van der Waals surface area contributed by atoms with Crippen LogP contribution >= 0.6 is 11.6 Å². The number of carbonyl (C=O) groups is 1. The van der Waals surface area contributed by atoms with E-state index in [2.05, 4.69) is 4.98 Å². The lowest BCUT2D eigenvalue weighted by molar-refractivity contribution is -0.137. The highest BCUT2D eigenvalue weighted by Crippen LogP contribution is 2.35. The van der Waals surface area contributed by atoms with Crippen molar-refractivity contribution in [1.82, 2.24) is 9.88 Å². The van der Waals surface area contributed by atoms with Crippen molar-refractivity contribution in [3.05, 3.63) is 63.9 Å². The molecule has 7 heteroatoms.